The summed E-state index contributed by atoms with van der Waals surface area (Å²) in [5.41, 5.74) is 0.985. The van der Waals surface area contributed by atoms with Gasteiger partial charge in [0.1, 0.15) is 17.2 Å². The minimum atomic E-state index is -4.68. The first-order valence-electron chi connectivity index (χ1n) is 14.8. The summed E-state index contributed by atoms with van der Waals surface area (Å²) in [5, 5.41) is 2.23. The highest BCUT2D eigenvalue weighted by Gasteiger charge is 2.37. The zero-order valence-electron chi connectivity index (χ0n) is 25.7. The van der Waals surface area contributed by atoms with Crippen LogP contribution >= 0.6 is 7.82 Å². The lowest BCUT2D eigenvalue weighted by Gasteiger charge is -2.29. The summed E-state index contributed by atoms with van der Waals surface area (Å²) in [6, 6.07) is 20.0. The Morgan fingerprint density at radius 3 is 0.977 bits per heavy atom. The van der Waals surface area contributed by atoms with Crippen molar-refractivity contribution in [1.82, 2.24) is 0 Å². The van der Waals surface area contributed by atoms with E-state index in [1.807, 2.05) is 0 Å². The van der Waals surface area contributed by atoms with Crippen LogP contribution in [-0.4, -0.2) is 19.8 Å². The van der Waals surface area contributed by atoms with Crippen molar-refractivity contribution in [2.45, 2.75) is 59.3 Å². The zero-order chi connectivity index (χ0) is 31.8. The predicted octanol–water partition coefficient (Wildman–Crippen LogP) is 6.57. The zero-order valence-corrected chi connectivity index (χ0v) is 26.6. The Morgan fingerprint density at radius 1 is 0.500 bits per heavy atom. The molecule has 0 radical (unpaired) electrons. The Bertz CT molecular complexity index is 1110. The molecule has 3 rings (SSSR count). The molecule has 0 heterocycles. The molecule has 3 aromatic rings. The van der Waals surface area contributed by atoms with Gasteiger partial charge in [-0.05, 0) is 92.1 Å². The molecule has 0 aliphatic carbocycles. The lowest BCUT2D eigenvalue weighted by molar-refractivity contribution is 0.0860. The summed E-state index contributed by atoms with van der Waals surface area (Å²) in [7, 11) is -4.68. The molecule has 0 unspecified atom stereocenters. The molecule has 0 aliphatic heterocycles. The van der Waals surface area contributed by atoms with E-state index in [9.17, 15) is 4.57 Å². The Morgan fingerprint density at radius 2 is 0.750 bits per heavy atom. The van der Waals surface area contributed by atoms with Gasteiger partial charge < -0.3 is 14.2 Å². The maximum Gasteiger partial charge on any atom is 0.543 e. The molecule has 0 saturated carbocycles. The van der Waals surface area contributed by atoms with Crippen molar-refractivity contribution in [3.8, 4) is 17.2 Å². The molecule has 0 atom stereocenters. The van der Waals surface area contributed by atoms with Gasteiger partial charge in [-0.15, -0.1) is 13.9 Å². The Hall–Kier alpha value is -3.55. The molecule has 242 valence electrons. The molecule has 0 aliphatic rings. The van der Waals surface area contributed by atoms with Crippen LogP contribution in [0, 0.1) is 0 Å². The molecular formula is C30H45N6O7P. The number of anilines is 3. The second-order valence-corrected chi connectivity index (χ2v) is 11.1. The summed E-state index contributed by atoms with van der Waals surface area (Å²) in [5.74, 6) is 20.3. The molecule has 0 amide bonds. The standard InChI is InChI=1S/C30H45N6O7P/c1-4-7-22-38-28-16-10-25(11-17-28)34(31)41-44(37,42-35(32)26-12-18-29(19-13-26)39-23-8-5-2)43-36(33)27-14-20-30(21-15-27)40-24-9-6-3/h10-21H,4-9,22-24,31-33H2,1-3H3. The summed E-state index contributed by atoms with van der Waals surface area (Å²) >= 11 is 0. The molecule has 0 spiro atoms. The Balaban J connectivity index is 1.75. The van der Waals surface area contributed by atoms with E-state index in [4.69, 9.17) is 45.6 Å². The maximum atomic E-state index is 14.0. The van der Waals surface area contributed by atoms with Crippen LogP contribution in [0.15, 0.2) is 72.8 Å². The lowest BCUT2D eigenvalue weighted by atomic mass is 10.3. The fourth-order valence-corrected chi connectivity index (χ4v) is 4.60. The van der Waals surface area contributed by atoms with Crippen LogP contribution in [0.5, 0.6) is 17.2 Å². The third-order valence-corrected chi connectivity index (χ3v) is 7.27. The van der Waals surface area contributed by atoms with Crippen LogP contribution in [0.25, 0.3) is 0 Å². The lowest BCUT2D eigenvalue weighted by Crippen LogP contribution is -2.38. The van der Waals surface area contributed by atoms with Crippen molar-refractivity contribution in [2.75, 3.05) is 35.3 Å². The van der Waals surface area contributed by atoms with E-state index in [-0.39, 0.29) is 0 Å². The maximum absolute atomic E-state index is 14.0. The molecule has 44 heavy (non-hydrogen) atoms. The van der Waals surface area contributed by atoms with E-state index < -0.39 is 7.82 Å². The second-order valence-electron chi connectivity index (χ2n) is 9.76. The minimum absolute atomic E-state index is 0.328. The van der Waals surface area contributed by atoms with Crippen molar-refractivity contribution in [1.29, 1.82) is 0 Å². The molecule has 0 fully saturated rings. The molecule has 0 aromatic heterocycles. The van der Waals surface area contributed by atoms with Gasteiger partial charge in [-0.2, -0.15) is 15.5 Å². The first-order chi connectivity index (χ1) is 21.3. The van der Waals surface area contributed by atoms with Crippen molar-refractivity contribution in [3.05, 3.63) is 72.8 Å². The quantitative estimate of drug-likeness (QED) is 0.0501. The third-order valence-electron chi connectivity index (χ3n) is 6.14. The number of benzene rings is 3. The van der Waals surface area contributed by atoms with E-state index in [0.717, 1.165) is 54.0 Å². The summed E-state index contributed by atoms with van der Waals surface area (Å²) in [6.07, 6.45) is 5.84. The van der Waals surface area contributed by atoms with Crippen LogP contribution in [-0.2, 0) is 18.4 Å². The van der Waals surface area contributed by atoms with E-state index in [1.165, 1.54) is 0 Å². The normalized spacial score (nSPS) is 11.2. The number of nitrogens with zero attached hydrogens (tertiary/aromatic N) is 3. The van der Waals surface area contributed by atoms with Gasteiger partial charge in [0, 0.05) is 0 Å². The molecule has 6 N–H and O–H groups in total. The van der Waals surface area contributed by atoms with Crippen LogP contribution in [0.1, 0.15) is 59.3 Å². The van der Waals surface area contributed by atoms with Crippen molar-refractivity contribution in [2.24, 2.45) is 17.5 Å². The summed E-state index contributed by atoms with van der Waals surface area (Å²) in [4.78, 5) is 0. The Kier molecular flexibility index (Phi) is 14.5. The molecule has 14 heteroatoms. The van der Waals surface area contributed by atoms with Gasteiger partial charge >= 0.3 is 7.82 Å². The number of hydrogen-bond acceptors (Lipinski definition) is 13. The number of phosphoric acid groups is 1. The van der Waals surface area contributed by atoms with Gasteiger partial charge in [0.25, 0.3) is 0 Å². The smallest absolute Gasteiger partial charge is 0.494 e. The predicted molar refractivity (Wildman–Crippen MR) is 171 cm³/mol. The minimum Gasteiger partial charge on any atom is -0.494 e. The number of nitrogens with two attached hydrogens (primary N) is 3. The largest absolute Gasteiger partial charge is 0.543 e. The topological polar surface area (TPSA) is 160 Å². The third kappa shape index (κ3) is 11.5. The van der Waals surface area contributed by atoms with Gasteiger partial charge in [0.05, 0.1) is 36.9 Å². The molecule has 3 aromatic carbocycles. The van der Waals surface area contributed by atoms with Crippen LogP contribution < -0.4 is 47.3 Å². The van der Waals surface area contributed by atoms with Gasteiger partial charge in [-0.3, -0.25) is 0 Å². The monoisotopic (exact) mass is 632 g/mol. The van der Waals surface area contributed by atoms with E-state index in [1.54, 1.807) is 72.8 Å². The number of rotatable bonds is 21. The number of hydrogen-bond donors (Lipinski definition) is 3. The first kappa shape index (κ1) is 34.9. The number of hydrazine groups is 3. The van der Waals surface area contributed by atoms with Crippen molar-refractivity contribution >= 4 is 24.9 Å². The average Bonchev–Trinajstić information content (AvgIpc) is 3.02. The van der Waals surface area contributed by atoms with E-state index in [0.29, 0.717) is 54.1 Å². The van der Waals surface area contributed by atoms with Crippen molar-refractivity contribution in [3.63, 3.8) is 0 Å². The van der Waals surface area contributed by atoms with E-state index in [2.05, 4.69) is 20.8 Å². The van der Waals surface area contributed by atoms with Crippen LogP contribution in [0.2, 0.25) is 0 Å². The van der Waals surface area contributed by atoms with Gasteiger partial charge in [-0.25, -0.2) is 22.1 Å². The molecular weight excluding hydrogens is 587 g/mol. The van der Waals surface area contributed by atoms with Gasteiger partial charge in [0.2, 0.25) is 0 Å². The summed E-state index contributed by atoms with van der Waals surface area (Å²) < 4.78 is 47.6. The Labute approximate surface area is 259 Å². The first-order valence-corrected chi connectivity index (χ1v) is 16.2. The average molecular weight is 633 g/mol. The SMILES string of the molecule is CCCCOc1ccc(N(N)OP(=O)(ON(N)c2ccc(OCCCC)cc2)ON(N)c2ccc(OCCCC)cc2)cc1. The highest BCUT2D eigenvalue weighted by molar-refractivity contribution is 7.48. The molecule has 13 nitrogen and oxygen atoms in total. The molecule has 0 bridgehead atoms. The highest BCUT2D eigenvalue weighted by atomic mass is 31.2. The highest BCUT2D eigenvalue weighted by Crippen LogP contribution is 2.52. The van der Waals surface area contributed by atoms with Crippen LogP contribution in [0.3, 0.4) is 0 Å². The van der Waals surface area contributed by atoms with Crippen molar-refractivity contribution < 1.29 is 32.6 Å². The van der Waals surface area contributed by atoms with Gasteiger partial charge in [-0.1, -0.05) is 40.0 Å². The second kappa shape index (κ2) is 18.3. The van der Waals surface area contributed by atoms with Crippen LogP contribution in [0.4, 0.5) is 17.1 Å². The summed E-state index contributed by atoms with van der Waals surface area (Å²) in [6.45, 7) is 8.02. The van der Waals surface area contributed by atoms with E-state index >= 15 is 0 Å². The fraction of sp³-hybridized carbons (Fsp3) is 0.400. The van der Waals surface area contributed by atoms with Gasteiger partial charge in [0.15, 0.2) is 0 Å². The fourth-order valence-electron chi connectivity index (χ4n) is 3.58. The number of unbranched alkanes of at least 4 members (excludes halogenated alkanes) is 3. The number of ether oxygens (including phenoxy) is 3. The molecule has 0 saturated heterocycles.